The normalized spacial score (nSPS) is 52.1. The molecule has 2 heterocycles. The maximum Gasteiger partial charge on any atom is 0.0135 e. The van der Waals surface area contributed by atoms with Crippen LogP contribution in [0, 0.1) is 35.5 Å². The molecular weight excluding hydrogens is 388 g/mol. The summed E-state index contributed by atoms with van der Waals surface area (Å²) in [5.74, 6) is 6.33. The first-order valence-electron chi connectivity index (χ1n) is 15.4. The zero-order valence-corrected chi connectivity index (χ0v) is 20.7. The third-order valence-electron chi connectivity index (χ3n) is 12.4. The summed E-state index contributed by atoms with van der Waals surface area (Å²) in [7, 11) is 0. The molecule has 5 saturated carbocycles. The zero-order valence-electron chi connectivity index (χ0n) is 20.7. The van der Waals surface area contributed by atoms with Crippen LogP contribution >= 0.6 is 0 Å². The Morgan fingerprint density at radius 2 is 1.06 bits per heavy atom. The molecule has 2 heteroatoms. The maximum absolute atomic E-state index is 4.20. The number of hydrogen-bond donors (Lipinski definition) is 1. The van der Waals surface area contributed by atoms with Crippen LogP contribution < -0.4 is 5.32 Å². The second-order valence-corrected chi connectivity index (χ2v) is 13.6. The molecule has 0 radical (unpaired) electrons. The van der Waals surface area contributed by atoms with Crippen molar-refractivity contribution < 1.29 is 0 Å². The minimum atomic E-state index is 0.889. The molecule has 2 saturated heterocycles. The van der Waals surface area contributed by atoms with Gasteiger partial charge in [-0.1, -0.05) is 44.9 Å². The third-order valence-corrected chi connectivity index (χ3v) is 12.4. The number of hydrogen-bond acceptors (Lipinski definition) is 2. The fourth-order valence-corrected chi connectivity index (χ4v) is 11.2. The minimum absolute atomic E-state index is 0.889. The van der Waals surface area contributed by atoms with E-state index < -0.39 is 0 Å². The predicted octanol–water partition coefficient (Wildman–Crippen LogP) is 6.93. The van der Waals surface area contributed by atoms with Gasteiger partial charge in [0.15, 0.2) is 0 Å². The van der Waals surface area contributed by atoms with Crippen LogP contribution in [0.5, 0.6) is 0 Å². The molecule has 2 nitrogen and oxygen atoms in total. The van der Waals surface area contributed by atoms with E-state index in [2.05, 4.69) is 10.2 Å². The Labute approximate surface area is 198 Å². The van der Waals surface area contributed by atoms with Crippen LogP contribution in [0.2, 0.25) is 0 Å². The van der Waals surface area contributed by atoms with Gasteiger partial charge in [-0.2, -0.15) is 0 Å². The largest absolute Gasteiger partial charge is 0.311 e. The van der Waals surface area contributed by atoms with Gasteiger partial charge in [0.1, 0.15) is 0 Å². The van der Waals surface area contributed by atoms with Gasteiger partial charge in [-0.25, -0.2) is 0 Å². The highest BCUT2D eigenvalue weighted by Gasteiger charge is 2.54. The SMILES string of the molecule is C1CCC(N2C3CCCCC3C3CCC(C4CCC5C(C4)NC4CCCCC45)CC32)CC1. The molecule has 0 aromatic carbocycles. The van der Waals surface area contributed by atoms with Crippen molar-refractivity contribution in [3.8, 4) is 0 Å². The topological polar surface area (TPSA) is 15.3 Å². The van der Waals surface area contributed by atoms with Crippen molar-refractivity contribution in [3.63, 3.8) is 0 Å². The Morgan fingerprint density at radius 1 is 0.438 bits per heavy atom. The molecule has 7 aliphatic rings. The van der Waals surface area contributed by atoms with Gasteiger partial charge in [0, 0.05) is 30.2 Å². The van der Waals surface area contributed by atoms with Crippen LogP contribution in [0.25, 0.3) is 0 Å². The molecular formula is C30H50N2. The summed E-state index contributed by atoms with van der Waals surface area (Å²) >= 11 is 0. The van der Waals surface area contributed by atoms with Crippen molar-refractivity contribution in [3.05, 3.63) is 0 Å². The summed E-state index contributed by atoms with van der Waals surface area (Å²) in [5, 5.41) is 4.20. The van der Waals surface area contributed by atoms with E-state index in [4.69, 9.17) is 0 Å². The number of rotatable bonds is 2. The number of likely N-dealkylation sites (tertiary alicyclic amines) is 1. The van der Waals surface area contributed by atoms with Crippen LogP contribution in [-0.4, -0.2) is 35.1 Å². The minimum Gasteiger partial charge on any atom is -0.311 e. The van der Waals surface area contributed by atoms with E-state index in [9.17, 15) is 0 Å². The molecule has 180 valence electrons. The van der Waals surface area contributed by atoms with Gasteiger partial charge in [0.2, 0.25) is 0 Å². The van der Waals surface area contributed by atoms with Gasteiger partial charge in [0.25, 0.3) is 0 Å². The highest BCUT2D eigenvalue weighted by molar-refractivity contribution is 5.08. The van der Waals surface area contributed by atoms with E-state index in [1.165, 1.54) is 77.0 Å². The highest BCUT2D eigenvalue weighted by atomic mass is 15.3. The van der Waals surface area contributed by atoms with Crippen molar-refractivity contribution in [1.29, 1.82) is 0 Å². The van der Waals surface area contributed by atoms with E-state index >= 15 is 0 Å². The molecule has 0 amide bonds. The lowest BCUT2D eigenvalue weighted by Crippen LogP contribution is -2.49. The average molecular weight is 439 g/mol. The van der Waals surface area contributed by atoms with Crippen LogP contribution in [-0.2, 0) is 0 Å². The van der Waals surface area contributed by atoms with E-state index in [0.717, 1.165) is 65.7 Å². The lowest BCUT2D eigenvalue weighted by Gasteiger charge is -2.46. The van der Waals surface area contributed by atoms with E-state index in [0.29, 0.717) is 0 Å². The zero-order chi connectivity index (χ0) is 21.1. The first-order valence-corrected chi connectivity index (χ1v) is 15.4. The van der Waals surface area contributed by atoms with Crippen LogP contribution in [0.1, 0.15) is 122 Å². The van der Waals surface area contributed by atoms with Gasteiger partial charge in [0.05, 0.1) is 0 Å². The standard InChI is InChI=1S/C30H50N2/c1-2-8-22(9-3-1)32-29-13-7-5-11-25(29)26-17-15-21(19-30(26)32)20-14-16-24-23-10-4-6-12-27(23)31-28(24)18-20/h20-31H,1-19H2. The van der Waals surface area contributed by atoms with Gasteiger partial charge in [-0.3, -0.25) is 4.90 Å². The van der Waals surface area contributed by atoms with Gasteiger partial charge in [-0.05, 0) is 113 Å². The summed E-state index contributed by atoms with van der Waals surface area (Å²) in [4.78, 5) is 3.24. The smallest absolute Gasteiger partial charge is 0.0135 e. The van der Waals surface area contributed by atoms with Crippen molar-refractivity contribution >= 4 is 0 Å². The first-order chi connectivity index (χ1) is 15.9. The molecule has 0 aromatic rings. The monoisotopic (exact) mass is 438 g/mol. The molecule has 0 bridgehead atoms. The van der Waals surface area contributed by atoms with Crippen LogP contribution in [0.15, 0.2) is 0 Å². The maximum atomic E-state index is 4.20. The lowest BCUT2D eigenvalue weighted by molar-refractivity contribution is 0.0366. The van der Waals surface area contributed by atoms with Gasteiger partial charge in [-0.15, -0.1) is 0 Å². The molecule has 10 unspecified atom stereocenters. The molecule has 32 heavy (non-hydrogen) atoms. The Balaban J connectivity index is 1.07. The van der Waals surface area contributed by atoms with Crippen LogP contribution in [0.4, 0.5) is 0 Å². The molecule has 5 aliphatic carbocycles. The fourth-order valence-electron chi connectivity index (χ4n) is 11.2. The summed E-state index contributed by atoms with van der Waals surface area (Å²) in [6.45, 7) is 0. The second-order valence-electron chi connectivity index (χ2n) is 13.6. The Hall–Kier alpha value is -0.0800. The average Bonchev–Trinajstić information content (AvgIpc) is 3.39. The summed E-state index contributed by atoms with van der Waals surface area (Å²) in [6, 6.07) is 4.70. The molecule has 1 N–H and O–H groups in total. The molecule has 2 aliphatic heterocycles. The summed E-state index contributed by atoms with van der Waals surface area (Å²) in [5.41, 5.74) is 0. The Kier molecular flexibility index (Phi) is 5.87. The predicted molar refractivity (Wildman–Crippen MR) is 133 cm³/mol. The molecule has 0 aromatic heterocycles. The fraction of sp³-hybridized carbons (Fsp3) is 1.00. The lowest BCUT2D eigenvalue weighted by atomic mass is 9.63. The first kappa shape index (κ1) is 21.2. The number of fused-ring (bicyclic) bond motifs is 6. The van der Waals surface area contributed by atoms with E-state index in [1.807, 2.05) is 0 Å². The third kappa shape index (κ3) is 3.55. The highest BCUT2D eigenvalue weighted by Crippen LogP contribution is 2.55. The summed E-state index contributed by atoms with van der Waals surface area (Å²) in [6.07, 6.45) is 29.2. The Morgan fingerprint density at radius 3 is 1.94 bits per heavy atom. The summed E-state index contributed by atoms with van der Waals surface area (Å²) < 4.78 is 0. The van der Waals surface area contributed by atoms with Crippen molar-refractivity contribution in [2.75, 3.05) is 0 Å². The Bertz CT molecular complexity index is 655. The molecule has 10 atom stereocenters. The van der Waals surface area contributed by atoms with Crippen molar-refractivity contribution in [2.24, 2.45) is 35.5 Å². The van der Waals surface area contributed by atoms with Crippen molar-refractivity contribution in [2.45, 2.75) is 152 Å². The van der Waals surface area contributed by atoms with E-state index in [1.54, 1.807) is 44.9 Å². The number of nitrogens with one attached hydrogen (secondary N) is 1. The van der Waals surface area contributed by atoms with Gasteiger partial charge < -0.3 is 5.32 Å². The quantitative estimate of drug-likeness (QED) is 0.503. The number of nitrogens with zero attached hydrogens (tertiary/aromatic N) is 1. The van der Waals surface area contributed by atoms with E-state index in [-0.39, 0.29) is 0 Å². The van der Waals surface area contributed by atoms with Crippen LogP contribution in [0.3, 0.4) is 0 Å². The molecule has 7 fully saturated rings. The second kappa shape index (κ2) is 8.85. The molecule has 7 rings (SSSR count). The molecule has 0 spiro atoms. The van der Waals surface area contributed by atoms with Crippen molar-refractivity contribution in [1.82, 2.24) is 10.2 Å². The van der Waals surface area contributed by atoms with Gasteiger partial charge >= 0.3 is 0 Å².